The summed E-state index contributed by atoms with van der Waals surface area (Å²) < 4.78 is 16.8. The van der Waals surface area contributed by atoms with Crippen molar-refractivity contribution in [2.45, 2.75) is 252 Å². The minimum atomic E-state index is -0.809. The summed E-state index contributed by atoms with van der Waals surface area (Å²) >= 11 is 0. The largest absolute Gasteiger partial charge is 0.462 e. The van der Waals surface area contributed by atoms with Crippen LogP contribution in [-0.4, -0.2) is 37.2 Å². The van der Waals surface area contributed by atoms with E-state index in [1.54, 1.807) is 0 Å². The topological polar surface area (TPSA) is 78.9 Å². The third kappa shape index (κ3) is 53.0. The van der Waals surface area contributed by atoms with Crippen LogP contribution in [0.4, 0.5) is 0 Å². The zero-order chi connectivity index (χ0) is 49.3. The van der Waals surface area contributed by atoms with Crippen LogP contribution in [0.1, 0.15) is 245 Å². The molecule has 0 aromatic rings. The number of carbonyl (C=O) groups excluding carboxylic acids is 3. The molecule has 0 spiro atoms. The molecule has 0 radical (unpaired) electrons. The molecule has 0 saturated carbocycles. The van der Waals surface area contributed by atoms with Crippen molar-refractivity contribution in [2.75, 3.05) is 13.2 Å². The average molecular weight is 943 g/mol. The van der Waals surface area contributed by atoms with E-state index < -0.39 is 6.10 Å². The number of rotatable bonds is 49. The van der Waals surface area contributed by atoms with Crippen LogP contribution in [0.5, 0.6) is 0 Å². The van der Waals surface area contributed by atoms with Gasteiger partial charge in [-0.2, -0.15) is 0 Å². The van der Waals surface area contributed by atoms with Crippen LogP contribution in [0.2, 0.25) is 0 Å². The molecule has 386 valence electrons. The van der Waals surface area contributed by atoms with Gasteiger partial charge in [-0.05, 0) is 96.3 Å². The summed E-state index contributed by atoms with van der Waals surface area (Å²) in [6.45, 7) is 6.50. The molecule has 0 saturated heterocycles. The van der Waals surface area contributed by atoms with Gasteiger partial charge >= 0.3 is 17.9 Å². The highest BCUT2D eigenvalue weighted by atomic mass is 16.6. The molecule has 1 atom stereocenters. The molecular formula is C62H102O6. The third-order valence-electron chi connectivity index (χ3n) is 11.7. The first kappa shape index (κ1) is 64.1. The summed E-state index contributed by atoms with van der Waals surface area (Å²) in [5.74, 6) is -0.967. The number of esters is 3. The highest BCUT2D eigenvalue weighted by Gasteiger charge is 2.19. The van der Waals surface area contributed by atoms with Crippen LogP contribution in [0.15, 0.2) is 109 Å². The second-order valence-electron chi connectivity index (χ2n) is 18.3. The standard InChI is InChI=1S/C62H102O6/c1-4-7-10-13-16-19-22-25-28-30-32-34-37-40-43-46-49-52-55-61(64)67-58-59(57-66-60(63)54-51-48-45-42-39-36-27-24-21-18-15-12-9-6-3)68-62(65)56-53-50-47-44-41-38-35-33-31-29-26-23-20-17-14-11-8-5-2/h16-17,19-20,22-23,25-26,28-36,39,59H,4-15,18,21,24,27,37-38,40-58H2,1-3H3/b19-16-,20-17-,25-22-,26-23-,30-28-,31-29-,34-32-,35-33-,39-36-. The van der Waals surface area contributed by atoms with Gasteiger partial charge in [-0.3, -0.25) is 14.4 Å². The molecule has 0 amide bonds. The first-order valence-corrected chi connectivity index (χ1v) is 28.0. The Balaban J connectivity index is 4.53. The zero-order valence-corrected chi connectivity index (χ0v) is 44.1. The fourth-order valence-electron chi connectivity index (χ4n) is 7.40. The number of hydrogen-bond donors (Lipinski definition) is 0. The number of allylic oxidation sites excluding steroid dienone is 18. The predicted molar refractivity (Wildman–Crippen MR) is 293 cm³/mol. The Labute approximate surface area is 419 Å². The Hall–Kier alpha value is -3.93. The number of carbonyl (C=O) groups is 3. The molecule has 1 unspecified atom stereocenters. The van der Waals surface area contributed by atoms with Gasteiger partial charge in [0, 0.05) is 19.3 Å². The maximum absolute atomic E-state index is 12.8. The van der Waals surface area contributed by atoms with Gasteiger partial charge in [0.15, 0.2) is 6.10 Å². The van der Waals surface area contributed by atoms with Crippen molar-refractivity contribution < 1.29 is 28.6 Å². The molecule has 0 aromatic carbocycles. The Morgan fingerprint density at radius 3 is 0.912 bits per heavy atom. The Morgan fingerprint density at radius 1 is 0.294 bits per heavy atom. The monoisotopic (exact) mass is 943 g/mol. The van der Waals surface area contributed by atoms with Gasteiger partial charge < -0.3 is 14.2 Å². The van der Waals surface area contributed by atoms with E-state index in [1.807, 2.05) is 0 Å². The smallest absolute Gasteiger partial charge is 0.306 e. The fraction of sp³-hybridized carbons (Fsp3) is 0.661. The summed E-state index contributed by atoms with van der Waals surface area (Å²) in [6.07, 6.45) is 74.9. The van der Waals surface area contributed by atoms with E-state index in [0.29, 0.717) is 19.3 Å². The van der Waals surface area contributed by atoms with Gasteiger partial charge in [-0.1, -0.05) is 239 Å². The Morgan fingerprint density at radius 2 is 0.544 bits per heavy atom. The lowest BCUT2D eigenvalue weighted by Crippen LogP contribution is -2.30. The van der Waals surface area contributed by atoms with Crippen molar-refractivity contribution in [3.05, 3.63) is 109 Å². The zero-order valence-electron chi connectivity index (χ0n) is 44.1. The van der Waals surface area contributed by atoms with Crippen LogP contribution in [-0.2, 0) is 28.6 Å². The fourth-order valence-corrected chi connectivity index (χ4v) is 7.40. The molecular weight excluding hydrogens is 841 g/mol. The van der Waals surface area contributed by atoms with Gasteiger partial charge in [0.05, 0.1) is 0 Å². The SMILES string of the molecule is CCCCC\C=C/C=C\C=C/C=C\CCCCCCCC(=O)OCC(COC(=O)CCCCC/C=C\CCCCCCCCC)OC(=O)CCCCCCC\C=C/C=C\C=C/C=C\CCCCC. The summed E-state index contributed by atoms with van der Waals surface area (Å²) in [7, 11) is 0. The van der Waals surface area contributed by atoms with Gasteiger partial charge in [-0.15, -0.1) is 0 Å². The molecule has 0 N–H and O–H groups in total. The third-order valence-corrected chi connectivity index (χ3v) is 11.7. The normalized spacial score (nSPS) is 12.9. The van der Waals surface area contributed by atoms with E-state index >= 15 is 0 Å². The maximum Gasteiger partial charge on any atom is 0.306 e. The lowest BCUT2D eigenvalue weighted by Gasteiger charge is -2.18. The summed E-state index contributed by atoms with van der Waals surface area (Å²) in [5, 5.41) is 0. The van der Waals surface area contributed by atoms with E-state index in [4.69, 9.17) is 14.2 Å². The minimum absolute atomic E-state index is 0.105. The van der Waals surface area contributed by atoms with E-state index in [1.165, 1.54) is 83.5 Å². The maximum atomic E-state index is 12.8. The minimum Gasteiger partial charge on any atom is -0.462 e. The first-order chi connectivity index (χ1) is 33.5. The molecule has 0 aliphatic rings. The van der Waals surface area contributed by atoms with Gasteiger partial charge in [0.1, 0.15) is 13.2 Å². The number of ether oxygens (including phenoxy) is 3. The highest BCUT2D eigenvalue weighted by Crippen LogP contribution is 2.13. The van der Waals surface area contributed by atoms with E-state index in [9.17, 15) is 14.4 Å². The van der Waals surface area contributed by atoms with Gasteiger partial charge in [0.25, 0.3) is 0 Å². The van der Waals surface area contributed by atoms with Crippen molar-refractivity contribution >= 4 is 17.9 Å². The van der Waals surface area contributed by atoms with Crippen LogP contribution < -0.4 is 0 Å². The molecule has 0 aliphatic heterocycles. The molecule has 6 heteroatoms. The van der Waals surface area contributed by atoms with E-state index in [0.717, 1.165) is 122 Å². The van der Waals surface area contributed by atoms with Gasteiger partial charge in [-0.25, -0.2) is 0 Å². The second kappa shape index (κ2) is 55.7. The lowest BCUT2D eigenvalue weighted by molar-refractivity contribution is -0.167. The average Bonchev–Trinajstić information content (AvgIpc) is 3.34. The second-order valence-corrected chi connectivity index (χ2v) is 18.3. The van der Waals surface area contributed by atoms with E-state index in [2.05, 4.69) is 130 Å². The van der Waals surface area contributed by atoms with Crippen molar-refractivity contribution in [2.24, 2.45) is 0 Å². The predicted octanol–water partition coefficient (Wildman–Crippen LogP) is 18.7. The summed E-state index contributed by atoms with van der Waals surface area (Å²) in [4.78, 5) is 38.1. The highest BCUT2D eigenvalue weighted by molar-refractivity contribution is 5.71. The Bertz CT molecular complexity index is 1410. The molecule has 0 rings (SSSR count). The van der Waals surface area contributed by atoms with Crippen LogP contribution in [0.25, 0.3) is 0 Å². The molecule has 0 aliphatic carbocycles. The Kier molecular flexibility index (Phi) is 52.4. The molecule has 0 heterocycles. The van der Waals surface area contributed by atoms with Crippen molar-refractivity contribution in [3.8, 4) is 0 Å². The van der Waals surface area contributed by atoms with Crippen LogP contribution in [0, 0.1) is 0 Å². The van der Waals surface area contributed by atoms with Crippen molar-refractivity contribution in [1.82, 2.24) is 0 Å². The van der Waals surface area contributed by atoms with Crippen molar-refractivity contribution in [3.63, 3.8) is 0 Å². The number of unbranched alkanes of at least 4 members (excludes halogenated alkanes) is 26. The molecule has 6 nitrogen and oxygen atoms in total. The van der Waals surface area contributed by atoms with Crippen LogP contribution >= 0.6 is 0 Å². The first-order valence-electron chi connectivity index (χ1n) is 28.0. The molecule has 0 fully saturated rings. The van der Waals surface area contributed by atoms with Crippen LogP contribution in [0.3, 0.4) is 0 Å². The van der Waals surface area contributed by atoms with E-state index in [-0.39, 0.29) is 31.1 Å². The molecule has 0 aromatic heterocycles. The summed E-state index contributed by atoms with van der Waals surface area (Å²) in [6, 6.07) is 0. The molecule has 0 bridgehead atoms. The van der Waals surface area contributed by atoms with Gasteiger partial charge in [0.2, 0.25) is 0 Å². The summed E-state index contributed by atoms with van der Waals surface area (Å²) in [5.41, 5.74) is 0. The number of hydrogen-bond acceptors (Lipinski definition) is 6. The van der Waals surface area contributed by atoms with Crippen molar-refractivity contribution in [1.29, 1.82) is 0 Å². The lowest BCUT2D eigenvalue weighted by atomic mass is 10.1. The quantitative estimate of drug-likeness (QED) is 0.0199. The molecule has 68 heavy (non-hydrogen) atoms.